The number of ether oxygens (including phenoxy) is 2. The molecule has 114 valence electrons. The first-order chi connectivity index (χ1) is 9.76. The topological polar surface area (TPSA) is 122 Å². The van der Waals surface area contributed by atoms with Crippen LogP contribution >= 0.6 is 0 Å². The number of Topliss-reactive ketones (excluding diaryl/α,β-unsaturated/α-hetero) is 1. The van der Waals surface area contributed by atoms with Gasteiger partial charge in [0.1, 0.15) is 5.56 Å². The smallest absolute Gasteiger partial charge is 0.392 e. The Kier molecular flexibility index (Phi) is 4.79. The van der Waals surface area contributed by atoms with Gasteiger partial charge in [-0.2, -0.15) is 0 Å². The van der Waals surface area contributed by atoms with E-state index >= 15 is 0 Å². The van der Waals surface area contributed by atoms with Crippen molar-refractivity contribution in [3.63, 3.8) is 0 Å². The second kappa shape index (κ2) is 6.16. The molecule has 21 heavy (non-hydrogen) atoms. The summed E-state index contributed by atoms with van der Waals surface area (Å²) in [4.78, 5) is 32.5. The van der Waals surface area contributed by atoms with E-state index in [0.29, 0.717) is 0 Å². The third-order valence-electron chi connectivity index (χ3n) is 2.77. The standard InChI is InChI=1S/C12H14N2O7/c1-6(2)11(15)7-5-8(20-3)12(21-4)10(14(18)19)9(7)13(16)17/h5-6H,1-4H3. The first-order valence-electron chi connectivity index (χ1n) is 5.88. The zero-order chi connectivity index (χ0) is 16.3. The maximum Gasteiger partial charge on any atom is 0.392 e. The molecule has 1 aromatic rings. The minimum Gasteiger partial charge on any atom is -0.493 e. The molecule has 0 spiro atoms. The van der Waals surface area contributed by atoms with Crippen LogP contribution < -0.4 is 9.47 Å². The van der Waals surface area contributed by atoms with Crippen molar-refractivity contribution >= 4 is 17.2 Å². The average Bonchev–Trinajstić information content (AvgIpc) is 2.43. The SMILES string of the molecule is COc1cc(C(=O)C(C)C)c([N+](=O)[O-])c([N+](=O)[O-])c1OC. The molecule has 0 aliphatic heterocycles. The second-order valence-electron chi connectivity index (χ2n) is 4.39. The molecule has 0 saturated carbocycles. The predicted molar refractivity (Wildman–Crippen MR) is 72.0 cm³/mol. The van der Waals surface area contributed by atoms with Crippen molar-refractivity contribution in [2.75, 3.05) is 14.2 Å². The van der Waals surface area contributed by atoms with Gasteiger partial charge in [0.2, 0.25) is 5.75 Å². The van der Waals surface area contributed by atoms with Gasteiger partial charge in [-0.25, -0.2) is 0 Å². The molecule has 9 heteroatoms. The summed E-state index contributed by atoms with van der Waals surface area (Å²) in [6, 6.07) is 1.09. The molecule has 0 bridgehead atoms. The Bertz CT molecular complexity index is 610. The summed E-state index contributed by atoms with van der Waals surface area (Å²) >= 11 is 0. The van der Waals surface area contributed by atoms with Gasteiger partial charge in [0, 0.05) is 12.0 Å². The highest BCUT2D eigenvalue weighted by Gasteiger charge is 2.39. The number of ketones is 1. The van der Waals surface area contributed by atoms with Gasteiger partial charge in [-0.3, -0.25) is 25.0 Å². The molecule has 0 unspecified atom stereocenters. The van der Waals surface area contributed by atoms with Gasteiger partial charge in [-0.15, -0.1) is 0 Å². The fourth-order valence-electron chi connectivity index (χ4n) is 1.82. The quantitative estimate of drug-likeness (QED) is 0.448. The molecule has 0 aromatic heterocycles. The van der Waals surface area contributed by atoms with E-state index in [9.17, 15) is 25.0 Å². The molecule has 0 N–H and O–H groups in total. The van der Waals surface area contributed by atoms with Crippen molar-refractivity contribution in [1.29, 1.82) is 0 Å². The highest BCUT2D eigenvalue weighted by atomic mass is 16.6. The van der Waals surface area contributed by atoms with Crippen molar-refractivity contribution in [3.8, 4) is 11.5 Å². The molecule has 0 atom stereocenters. The van der Waals surface area contributed by atoms with E-state index in [1.807, 2.05) is 0 Å². The Morgan fingerprint density at radius 1 is 1.10 bits per heavy atom. The molecule has 0 amide bonds. The molecular weight excluding hydrogens is 284 g/mol. The Hall–Kier alpha value is -2.71. The number of hydrogen-bond donors (Lipinski definition) is 0. The van der Waals surface area contributed by atoms with Crippen molar-refractivity contribution < 1.29 is 24.1 Å². The number of nitro groups is 2. The van der Waals surface area contributed by atoms with Crippen molar-refractivity contribution in [2.45, 2.75) is 13.8 Å². The van der Waals surface area contributed by atoms with E-state index in [0.717, 1.165) is 13.2 Å². The summed E-state index contributed by atoms with van der Waals surface area (Å²) in [7, 11) is 2.34. The molecule has 0 saturated heterocycles. The molecule has 0 radical (unpaired) electrons. The Balaban J connectivity index is 3.88. The molecule has 0 aliphatic carbocycles. The third-order valence-corrected chi connectivity index (χ3v) is 2.77. The highest BCUT2D eigenvalue weighted by molar-refractivity contribution is 6.03. The first kappa shape index (κ1) is 16.3. The van der Waals surface area contributed by atoms with Crippen LogP contribution in [0.1, 0.15) is 24.2 Å². The zero-order valence-corrected chi connectivity index (χ0v) is 11.9. The molecule has 0 heterocycles. The molecule has 1 rings (SSSR count). The van der Waals surface area contributed by atoms with Crippen LogP contribution in [0.5, 0.6) is 11.5 Å². The molecule has 0 fully saturated rings. The molecule has 0 aliphatic rings. The van der Waals surface area contributed by atoms with Crippen LogP contribution in [0.15, 0.2) is 6.07 Å². The Morgan fingerprint density at radius 3 is 1.95 bits per heavy atom. The lowest BCUT2D eigenvalue weighted by Crippen LogP contribution is -2.13. The largest absolute Gasteiger partial charge is 0.493 e. The van der Waals surface area contributed by atoms with E-state index in [1.165, 1.54) is 21.0 Å². The second-order valence-corrected chi connectivity index (χ2v) is 4.39. The fraction of sp³-hybridized carbons (Fsp3) is 0.417. The van der Waals surface area contributed by atoms with Crippen LogP contribution in [-0.4, -0.2) is 29.8 Å². The minimum atomic E-state index is -0.963. The van der Waals surface area contributed by atoms with Crippen LogP contribution in [-0.2, 0) is 0 Å². The van der Waals surface area contributed by atoms with Crippen molar-refractivity contribution in [2.24, 2.45) is 5.92 Å². The summed E-state index contributed by atoms with van der Waals surface area (Å²) in [5.41, 5.74) is -2.17. The normalized spacial score (nSPS) is 10.3. The Labute approximate surface area is 119 Å². The number of benzene rings is 1. The summed E-state index contributed by atoms with van der Waals surface area (Å²) in [5, 5.41) is 22.4. The van der Waals surface area contributed by atoms with E-state index in [4.69, 9.17) is 9.47 Å². The van der Waals surface area contributed by atoms with Gasteiger partial charge in [0.05, 0.1) is 24.1 Å². The summed E-state index contributed by atoms with van der Waals surface area (Å²) in [5.74, 6) is -1.67. The van der Waals surface area contributed by atoms with Gasteiger partial charge < -0.3 is 9.47 Å². The van der Waals surface area contributed by atoms with Gasteiger partial charge in [0.25, 0.3) is 0 Å². The van der Waals surface area contributed by atoms with Crippen LogP contribution in [0.25, 0.3) is 0 Å². The fourth-order valence-corrected chi connectivity index (χ4v) is 1.82. The highest BCUT2D eigenvalue weighted by Crippen LogP contribution is 2.46. The van der Waals surface area contributed by atoms with Gasteiger partial charge >= 0.3 is 11.4 Å². The number of carbonyl (C=O) groups excluding carboxylic acids is 1. The summed E-state index contributed by atoms with van der Waals surface area (Å²) < 4.78 is 9.76. The van der Waals surface area contributed by atoms with Crippen LogP contribution in [0, 0.1) is 26.1 Å². The number of nitrogens with zero attached hydrogens (tertiary/aromatic N) is 2. The van der Waals surface area contributed by atoms with Gasteiger partial charge in [-0.05, 0) is 0 Å². The van der Waals surface area contributed by atoms with Crippen LogP contribution in [0.3, 0.4) is 0 Å². The maximum absolute atomic E-state index is 12.1. The third kappa shape index (κ3) is 2.91. The number of nitro benzene ring substituents is 2. The van der Waals surface area contributed by atoms with Crippen LogP contribution in [0.2, 0.25) is 0 Å². The number of rotatable bonds is 6. The van der Waals surface area contributed by atoms with Crippen molar-refractivity contribution in [3.05, 3.63) is 31.9 Å². The monoisotopic (exact) mass is 298 g/mol. The van der Waals surface area contributed by atoms with E-state index < -0.39 is 38.7 Å². The minimum absolute atomic E-state index is 0.112. The summed E-state index contributed by atoms with van der Waals surface area (Å²) in [6.07, 6.45) is 0. The Morgan fingerprint density at radius 2 is 1.62 bits per heavy atom. The zero-order valence-electron chi connectivity index (χ0n) is 11.9. The van der Waals surface area contributed by atoms with E-state index in [-0.39, 0.29) is 11.3 Å². The average molecular weight is 298 g/mol. The van der Waals surface area contributed by atoms with E-state index in [2.05, 4.69) is 0 Å². The van der Waals surface area contributed by atoms with Crippen molar-refractivity contribution in [1.82, 2.24) is 0 Å². The van der Waals surface area contributed by atoms with Gasteiger partial charge in [0.15, 0.2) is 11.5 Å². The summed E-state index contributed by atoms with van der Waals surface area (Å²) in [6.45, 7) is 3.07. The first-order valence-corrected chi connectivity index (χ1v) is 5.88. The number of hydrogen-bond acceptors (Lipinski definition) is 7. The van der Waals surface area contributed by atoms with E-state index in [1.54, 1.807) is 0 Å². The molecular formula is C12H14N2O7. The van der Waals surface area contributed by atoms with Crippen LogP contribution in [0.4, 0.5) is 11.4 Å². The number of carbonyl (C=O) groups is 1. The molecule has 1 aromatic carbocycles. The lowest BCUT2D eigenvalue weighted by molar-refractivity contribution is -0.423. The predicted octanol–water partition coefficient (Wildman–Crippen LogP) is 2.36. The maximum atomic E-state index is 12.1. The lowest BCUT2D eigenvalue weighted by Gasteiger charge is -2.11. The molecule has 9 nitrogen and oxygen atoms in total. The lowest BCUT2D eigenvalue weighted by atomic mass is 9.98. The number of methoxy groups -OCH3 is 2. The van der Waals surface area contributed by atoms with Gasteiger partial charge in [-0.1, -0.05) is 13.8 Å².